The second-order valence-corrected chi connectivity index (χ2v) is 9.35. The molecule has 0 unspecified atom stereocenters. The summed E-state index contributed by atoms with van der Waals surface area (Å²) in [5.74, 6) is -0.450. The predicted octanol–water partition coefficient (Wildman–Crippen LogP) is 5.91. The molecule has 3 aromatic carbocycles. The molecule has 5 rings (SSSR count). The van der Waals surface area contributed by atoms with Gasteiger partial charge >= 0.3 is 0 Å². The van der Waals surface area contributed by atoms with Gasteiger partial charge in [-0.05, 0) is 76.6 Å². The van der Waals surface area contributed by atoms with Crippen LogP contribution in [0.15, 0.2) is 87.2 Å². The highest BCUT2D eigenvalue weighted by Crippen LogP contribution is 2.48. The smallest absolute Gasteiger partial charge is 0.272 e. The van der Waals surface area contributed by atoms with E-state index in [1.54, 1.807) is 16.8 Å². The number of nitrogens with zero attached hydrogens (tertiary/aromatic N) is 3. The van der Waals surface area contributed by atoms with E-state index >= 15 is 0 Å². The van der Waals surface area contributed by atoms with Crippen LogP contribution in [-0.4, -0.2) is 24.0 Å². The molecule has 2 heterocycles. The summed E-state index contributed by atoms with van der Waals surface area (Å²) >= 11 is 4.82. The van der Waals surface area contributed by atoms with E-state index in [1.165, 1.54) is 11.8 Å². The average Bonchev–Trinajstić information content (AvgIpc) is 3.22. The highest BCUT2D eigenvalue weighted by molar-refractivity contribution is 9.10. The molecular weight excluding hydrogens is 486 g/mol. The lowest BCUT2D eigenvalue weighted by atomic mass is 10.0. The number of para-hydroxylation sites is 2. The lowest BCUT2D eigenvalue weighted by Crippen LogP contribution is -2.29. The number of carbonyl (C=O) groups excluding carboxylic acids is 2. The maximum Gasteiger partial charge on any atom is 0.272 e. The van der Waals surface area contributed by atoms with Crippen molar-refractivity contribution in [1.82, 2.24) is 0 Å². The van der Waals surface area contributed by atoms with Crippen molar-refractivity contribution in [2.45, 2.75) is 6.92 Å². The Kier molecular flexibility index (Phi) is 5.23. The van der Waals surface area contributed by atoms with Gasteiger partial charge in [-0.1, -0.05) is 36.4 Å². The van der Waals surface area contributed by atoms with Crippen molar-refractivity contribution in [2.24, 2.45) is 4.99 Å². The molecule has 0 spiro atoms. The number of benzene rings is 3. The Labute approximate surface area is 198 Å². The van der Waals surface area contributed by atoms with Gasteiger partial charge in [-0.25, -0.2) is 4.99 Å². The number of halogens is 1. The minimum atomic E-state index is -0.252. The van der Waals surface area contributed by atoms with Gasteiger partial charge in [-0.2, -0.15) is 0 Å². The van der Waals surface area contributed by atoms with Crippen LogP contribution in [-0.2, 0) is 9.59 Å². The monoisotopic (exact) mass is 503 g/mol. The van der Waals surface area contributed by atoms with Crippen LogP contribution in [0.2, 0.25) is 0 Å². The number of aliphatic imine (C=N–C) groups is 1. The fraction of sp³-hybridized carbons (Fsp3) is 0.0800. The summed E-state index contributed by atoms with van der Waals surface area (Å²) < 4.78 is 0.826. The second-order valence-electron chi connectivity index (χ2n) is 7.52. The molecule has 2 amide bonds. The Morgan fingerprint density at radius 2 is 1.56 bits per heavy atom. The molecule has 2 aliphatic rings. The van der Waals surface area contributed by atoms with Crippen LogP contribution < -0.4 is 9.80 Å². The average molecular weight is 504 g/mol. The quantitative estimate of drug-likeness (QED) is 0.408. The zero-order chi connectivity index (χ0) is 22.4. The number of anilines is 2. The maximum absolute atomic E-state index is 13.7. The first kappa shape index (κ1) is 20.7. The summed E-state index contributed by atoms with van der Waals surface area (Å²) in [6.45, 7) is 1.97. The molecule has 5 nitrogen and oxygen atoms in total. The van der Waals surface area contributed by atoms with Gasteiger partial charge in [0.05, 0.1) is 27.5 Å². The Morgan fingerprint density at radius 3 is 2.25 bits per heavy atom. The third-order valence-corrected chi connectivity index (χ3v) is 6.98. The van der Waals surface area contributed by atoms with E-state index in [2.05, 4.69) is 15.9 Å². The number of amides is 2. The largest absolute Gasteiger partial charge is 0.310 e. The fourth-order valence-corrected chi connectivity index (χ4v) is 5.82. The first-order valence-corrected chi connectivity index (χ1v) is 11.6. The molecule has 0 saturated carbocycles. The molecular formula is C25H18BrN3O2S. The number of aryl methyl sites for hydroxylation is 1. The van der Waals surface area contributed by atoms with E-state index in [4.69, 9.17) is 4.99 Å². The third kappa shape index (κ3) is 3.38. The summed E-state index contributed by atoms with van der Waals surface area (Å²) in [6.07, 6.45) is 0. The van der Waals surface area contributed by atoms with Crippen molar-refractivity contribution >= 4 is 67.3 Å². The lowest BCUT2D eigenvalue weighted by molar-refractivity contribution is -0.115. The minimum Gasteiger partial charge on any atom is -0.310 e. The van der Waals surface area contributed by atoms with Gasteiger partial charge in [0.1, 0.15) is 0 Å². The number of fused-ring (bicyclic) bond motifs is 1. The van der Waals surface area contributed by atoms with Gasteiger partial charge in [-0.3, -0.25) is 14.5 Å². The highest BCUT2D eigenvalue weighted by Gasteiger charge is 2.43. The van der Waals surface area contributed by atoms with Crippen LogP contribution in [0, 0.1) is 6.92 Å². The van der Waals surface area contributed by atoms with Crippen LogP contribution in [0.25, 0.3) is 5.57 Å². The first-order chi connectivity index (χ1) is 15.5. The van der Waals surface area contributed by atoms with Crippen LogP contribution in [0.4, 0.5) is 17.1 Å². The zero-order valence-corrected chi connectivity index (χ0v) is 19.8. The number of carbonyl (C=O) groups is 2. The summed E-state index contributed by atoms with van der Waals surface area (Å²) in [5.41, 5.74) is 4.40. The van der Waals surface area contributed by atoms with Crippen molar-refractivity contribution in [1.29, 1.82) is 0 Å². The number of likely N-dealkylation sites (N-methyl/N-ethyl adjacent to an activating group) is 1. The number of hydrogen-bond donors (Lipinski definition) is 0. The normalized spacial score (nSPS) is 19.3. The van der Waals surface area contributed by atoms with Crippen LogP contribution in [0.5, 0.6) is 0 Å². The standard InChI is InChI=1S/C25H18BrN3O2S/c1-15-13-18-20(23(30)28(2)21(18)19(26)14-15)22-24(31)29(17-11-7-4-8-12-17)25(32-22)27-16-9-5-3-6-10-16/h3-14H,1-2H3. The Hall–Kier alpha value is -3.16. The third-order valence-electron chi connectivity index (χ3n) is 5.34. The van der Waals surface area contributed by atoms with Gasteiger partial charge < -0.3 is 4.90 Å². The molecule has 32 heavy (non-hydrogen) atoms. The van der Waals surface area contributed by atoms with Crippen molar-refractivity contribution in [3.05, 3.63) is 93.3 Å². The van der Waals surface area contributed by atoms with E-state index in [0.717, 1.165) is 27.0 Å². The van der Waals surface area contributed by atoms with Crippen LogP contribution in [0.3, 0.4) is 0 Å². The Morgan fingerprint density at radius 1 is 0.906 bits per heavy atom. The second kappa shape index (κ2) is 8.07. The maximum atomic E-state index is 13.7. The van der Waals surface area contributed by atoms with Crippen molar-refractivity contribution < 1.29 is 9.59 Å². The molecule has 0 N–H and O–H groups in total. The number of thioether (sulfide) groups is 1. The summed E-state index contributed by atoms with van der Waals surface area (Å²) in [6, 6.07) is 22.8. The highest BCUT2D eigenvalue weighted by atomic mass is 79.9. The number of amidine groups is 1. The topological polar surface area (TPSA) is 53.0 Å². The van der Waals surface area contributed by atoms with Gasteiger partial charge in [0.2, 0.25) is 0 Å². The Balaban J connectivity index is 1.72. The van der Waals surface area contributed by atoms with E-state index in [9.17, 15) is 9.59 Å². The zero-order valence-electron chi connectivity index (χ0n) is 17.4. The van der Waals surface area contributed by atoms with Crippen LogP contribution >= 0.6 is 27.7 Å². The molecule has 0 aromatic heterocycles. The van der Waals surface area contributed by atoms with E-state index in [1.807, 2.05) is 79.7 Å². The van der Waals surface area contributed by atoms with E-state index in [0.29, 0.717) is 21.3 Å². The molecule has 2 aliphatic heterocycles. The number of hydrogen-bond acceptors (Lipinski definition) is 4. The predicted molar refractivity (Wildman–Crippen MR) is 134 cm³/mol. The molecule has 3 aromatic rings. The number of rotatable bonds is 2. The molecule has 7 heteroatoms. The molecule has 0 radical (unpaired) electrons. The molecule has 158 valence electrons. The summed E-state index contributed by atoms with van der Waals surface area (Å²) in [5, 5.41) is 0.519. The molecule has 0 bridgehead atoms. The summed E-state index contributed by atoms with van der Waals surface area (Å²) in [7, 11) is 1.73. The molecule has 1 fully saturated rings. The SMILES string of the molecule is Cc1cc(Br)c2c(c1)C(=C1SC(=Nc3ccccc3)N(c3ccccc3)C1=O)C(=O)N2C. The first-order valence-electron chi connectivity index (χ1n) is 9.99. The summed E-state index contributed by atoms with van der Waals surface area (Å²) in [4.78, 5) is 35.3. The van der Waals surface area contributed by atoms with Gasteiger partial charge in [0, 0.05) is 17.1 Å². The van der Waals surface area contributed by atoms with Crippen molar-refractivity contribution in [3.8, 4) is 0 Å². The van der Waals surface area contributed by atoms with Crippen LogP contribution in [0.1, 0.15) is 11.1 Å². The minimum absolute atomic E-state index is 0.198. The molecule has 0 aliphatic carbocycles. The van der Waals surface area contributed by atoms with E-state index < -0.39 is 0 Å². The lowest BCUT2D eigenvalue weighted by Gasteiger charge is -2.15. The van der Waals surface area contributed by atoms with Gasteiger partial charge in [0.25, 0.3) is 11.8 Å². The molecule has 0 atom stereocenters. The van der Waals surface area contributed by atoms with Gasteiger partial charge in [0.15, 0.2) is 5.17 Å². The molecule has 1 saturated heterocycles. The van der Waals surface area contributed by atoms with Crippen molar-refractivity contribution in [2.75, 3.05) is 16.8 Å². The van der Waals surface area contributed by atoms with Crippen molar-refractivity contribution in [3.63, 3.8) is 0 Å². The fourth-order valence-electron chi connectivity index (χ4n) is 3.89. The van der Waals surface area contributed by atoms with Gasteiger partial charge in [-0.15, -0.1) is 0 Å². The Bertz CT molecular complexity index is 1320. The van der Waals surface area contributed by atoms with E-state index in [-0.39, 0.29) is 11.8 Å².